The first-order valence-electron chi connectivity index (χ1n) is 9.08. The maximum absolute atomic E-state index is 12.4. The van der Waals surface area contributed by atoms with Gasteiger partial charge in [-0.15, -0.1) is 0 Å². The van der Waals surface area contributed by atoms with Gasteiger partial charge in [-0.1, -0.05) is 59.6 Å². The zero-order valence-corrected chi connectivity index (χ0v) is 17.1. The van der Waals surface area contributed by atoms with Gasteiger partial charge in [-0.2, -0.15) is 4.98 Å². The summed E-state index contributed by atoms with van der Waals surface area (Å²) in [4.78, 5) is 22.7. The van der Waals surface area contributed by atoms with E-state index in [0.717, 1.165) is 11.1 Å². The highest BCUT2D eigenvalue weighted by molar-refractivity contribution is 6.42. The number of nitrogens with zero attached hydrogens (tertiary/aromatic N) is 3. The zero-order chi connectivity index (χ0) is 20.4. The summed E-state index contributed by atoms with van der Waals surface area (Å²) in [6.07, 6.45) is 1.18. The van der Waals surface area contributed by atoms with Crippen molar-refractivity contribution in [3.8, 4) is 0 Å². The molecule has 1 fully saturated rings. The van der Waals surface area contributed by atoms with E-state index in [-0.39, 0.29) is 18.7 Å². The van der Waals surface area contributed by atoms with Crippen LogP contribution < -0.4 is 10.2 Å². The van der Waals surface area contributed by atoms with Crippen LogP contribution in [-0.4, -0.2) is 22.7 Å². The van der Waals surface area contributed by atoms with Gasteiger partial charge in [-0.25, -0.2) is 9.78 Å². The molecule has 0 unspecified atom stereocenters. The average Bonchev–Trinajstić information content (AvgIpc) is 3.12. The Kier molecular flexibility index (Phi) is 5.56. The van der Waals surface area contributed by atoms with Crippen LogP contribution in [0.25, 0.3) is 0 Å². The third-order valence-electron chi connectivity index (χ3n) is 4.73. The molecule has 148 valence electrons. The maximum atomic E-state index is 12.4. The second-order valence-corrected chi connectivity index (χ2v) is 7.47. The van der Waals surface area contributed by atoms with Gasteiger partial charge in [-0.3, -0.25) is 4.90 Å². The van der Waals surface area contributed by atoms with Crippen LogP contribution in [0.15, 0.2) is 60.8 Å². The fourth-order valence-corrected chi connectivity index (χ4v) is 3.51. The molecule has 8 heteroatoms. The Morgan fingerprint density at radius 3 is 2.69 bits per heavy atom. The van der Waals surface area contributed by atoms with Crippen LogP contribution in [0.1, 0.15) is 30.1 Å². The van der Waals surface area contributed by atoms with E-state index in [1.54, 1.807) is 29.3 Å². The van der Waals surface area contributed by atoms with Crippen LogP contribution in [0.5, 0.6) is 0 Å². The van der Waals surface area contributed by atoms with Crippen molar-refractivity contribution in [2.24, 2.45) is 0 Å². The number of amides is 1. The highest BCUT2D eigenvalue weighted by atomic mass is 35.5. The van der Waals surface area contributed by atoms with E-state index in [2.05, 4.69) is 15.3 Å². The number of nitrogens with one attached hydrogen (secondary N) is 1. The molecule has 0 spiro atoms. The van der Waals surface area contributed by atoms with Crippen LogP contribution in [0.3, 0.4) is 0 Å². The molecule has 1 aromatic heterocycles. The molecular weight excluding hydrogens is 411 g/mol. The molecule has 1 aliphatic rings. The molecule has 0 aliphatic carbocycles. The third kappa shape index (κ3) is 4.13. The van der Waals surface area contributed by atoms with Gasteiger partial charge in [0, 0.05) is 6.20 Å². The van der Waals surface area contributed by atoms with E-state index < -0.39 is 6.09 Å². The summed E-state index contributed by atoms with van der Waals surface area (Å²) < 4.78 is 5.28. The Hall–Kier alpha value is -2.83. The summed E-state index contributed by atoms with van der Waals surface area (Å²) in [5.74, 6) is 0.868. The molecule has 1 aliphatic heterocycles. The van der Waals surface area contributed by atoms with Crippen molar-refractivity contribution in [3.63, 3.8) is 0 Å². The van der Waals surface area contributed by atoms with Gasteiger partial charge < -0.3 is 10.1 Å². The molecule has 29 heavy (non-hydrogen) atoms. The predicted octanol–water partition coefficient (Wildman–Crippen LogP) is 5.65. The van der Waals surface area contributed by atoms with Crippen LogP contribution in [0.4, 0.5) is 16.6 Å². The van der Waals surface area contributed by atoms with Crippen molar-refractivity contribution in [2.45, 2.75) is 19.0 Å². The Labute approximate surface area is 178 Å². The number of rotatable bonds is 5. The van der Waals surface area contributed by atoms with E-state index >= 15 is 0 Å². The van der Waals surface area contributed by atoms with Gasteiger partial charge in [0.15, 0.2) is 0 Å². The summed E-state index contributed by atoms with van der Waals surface area (Å²) >= 11 is 12.1. The lowest BCUT2D eigenvalue weighted by atomic mass is 10.1. The first-order valence-corrected chi connectivity index (χ1v) is 9.84. The van der Waals surface area contributed by atoms with E-state index in [4.69, 9.17) is 27.9 Å². The number of benzene rings is 2. The molecular formula is C21H18Cl2N4O2. The smallest absolute Gasteiger partial charge is 0.416 e. The second kappa shape index (κ2) is 8.27. The van der Waals surface area contributed by atoms with E-state index in [0.29, 0.717) is 21.8 Å². The molecule has 6 nitrogen and oxygen atoms in total. The van der Waals surface area contributed by atoms with Gasteiger partial charge in [0.1, 0.15) is 18.5 Å². The molecule has 0 bridgehead atoms. The summed E-state index contributed by atoms with van der Waals surface area (Å²) in [6, 6.07) is 16.5. The van der Waals surface area contributed by atoms with Crippen LogP contribution in [0, 0.1) is 0 Å². The Balaban J connectivity index is 1.57. The lowest BCUT2D eigenvalue weighted by Crippen LogP contribution is -2.28. The molecule has 2 aromatic carbocycles. The molecule has 2 heterocycles. The number of anilines is 2. The Morgan fingerprint density at radius 2 is 1.93 bits per heavy atom. The van der Waals surface area contributed by atoms with Crippen molar-refractivity contribution >= 4 is 41.1 Å². The molecule has 2 atom stereocenters. The highest BCUT2D eigenvalue weighted by Gasteiger charge is 2.36. The molecule has 1 N–H and O–H groups in total. The molecule has 0 saturated carbocycles. The largest absolute Gasteiger partial charge is 0.447 e. The zero-order valence-electron chi connectivity index (χ0n) is 15.5. The summed E-state index contributed by atoms with van der Waals surface area (Å²) in [5, 5.41) is 4.22. The Morgan fingerprint density at radius 1 is 1.14 bits per heavy atom. The number of aromatic nitrogens is 2. The molecule has 0 radical (unpaired) electrons. The Bertz CT molecular complexity index is 1030. The molecule has 3 aromatic rings. The summed E-state index contributed by atoms with van der Waals surface area (Å²) in [5.41, 5.74) is 1.92. The number of ether oxygens (including phenoxy) is 1. The third-order valence-corrected chi connectivity index (χ3v) is 5.47. The monoisotopic (exact) mass is 428 g/mol. The van der Waals surface area contributed by atoms with Crippen molar-refractivity contribution < 1.29 is 9.53 Å². The molecule has 1 amide bonds. The minimum atomic E-state index is -0.430. The van der Waals surface area contributed by atoms with Crippen molar-refractivity contribution in [1.29, 1.82) is 0 Å². The lowest BCUT2D eigenvalue weighted by molar-refractivity contribution is 0.179. The standard InChI is InChI=1S/C21H18Cl2N4O2/c1-13(15-7-8-16(22)17(23)11-15)25-20-24-10-9-19(26-20)27-18(12-29-21(27)28)14-5-3-2-4-6-14/h2-11,13,18H,12H2,1H3,(H,24,25,26)/t13-,18-/m0/s1. The number of halogens is 2. The fourth-order valence-electron chi connectivity index (χ4n) is 3.21. The van der Waals surface area contributed by atoms with Crippen LogP contribution in [0.2, 0.25) is 10.0 Å². The number of hydrogen-bond donors (Lipinski definition) is 1. The van der Waals surface area contributed by atoms with Crippen LogP contribution >= 0.6 is 23.2 Å². The summed E-state index contributed by atoms with van der Waals surface area (Å²) in [7, 11) is 0. The maximum Gasteiger partial charge on any atom is 0.416 e. The van der Waals surface area contributed by atoms with Crippen molar-refractivity contribution in [3.05, 3.63) is 82.0 Å². The van der Waals surface area contributed by atoms with Gasteiger partial charge in [0.25, 0.3) is 0 Å². The van der Waals surface area contributed by atoms with Gasteiger partial charge in [-0.05, 0) is 36.2 Å². The van der Waals surface area contributed by atoms with E-state index in [9.17, 15) is 4.79 Å². The minimum absolute atomic E-state index is 0.115. The van der Waals surface area contributed by atoms with E-state index in [1.807, 2.05) is 43.3 Å². The topological polar surface area (TPSA) is 67.4 Å². The fraction of sp³-hybridized carbons (Fsp3) is 0.190. The van der Waals surface area contributed by atoms with Gasteiger partial charge in [0.05, 0.1) is 16.1 Å². The minimum Gasteiger partial charge on any atom is -0.447 e. The van der Waals surface area contributed by atoms with Crippen molar-refractivity contribution in [1.82, 2.24) is 9.97 Å². The first kappa shape index (κ1) is 19.5. The van der Waals surface area contributed by atoms with E-state index in [1.165, 1.54) is 0 Å². The molecule has 1 saturated heterocycles. The summed E-state index contributed by atoms with van der Waals surface area (Å²) in [6.45, 7) is 2.24. The normalized spacial score (nSPS) is 17.1. The predicted molar refractivity (Wildman–Crippen MR) is 114 cm³/mol. The highest BCUT2D eigenvalue weighted by Crippen LogP contribution is 2.32. The van der Waals surface area contributed by atoms with Gasteiger partial charge in [0.2, 0.25) is 5.95 Å². The number of carbonyl (C=O) groups is 1. The lowest BCUT2D eigenvalue weighted by Gasteiger charge is -2.21. The second-order valence-electron chi connectivity index (χ2n) is 6.65. The number of carbonyl (C=O) groups excluding carboxylic acids is 1. The van der Waals surface area contributed by atoms with Crippen molar-refractivity contribution in [2.75, 3.05) is 16.8 Å². The van der Waals surface area contributed by atoms with Gasteiger partial charge >= 0.3 is 6.09 Å². The average molecular weight is 429 g/mol. The molecule has 4 rings (SSSR count). The number of hydrogen-bond acceptors (Lipinski definition) is 5. The van der Waals surface area contributed by atoms with Crippen LogP contribution in [-0.2, 0) is 4.74 Å². The number of cyclic esters (lactones) is 1. The quantitative estimate of drug-likeness (QED) is 0.567. The first-order chi connectivity index (χ1) is 14.0. The SMILES string of the molecule is C[C@H](Nc1nccc(N2C(=O)OC[C@H]2c2ccccc2)n1)c1ccc(Cl)c(Cl)c1.